The SMILES string of the molecule is O=c1nc(C2CNCCO2)c2ncccc2[nH]1. The number of hydrogen-bond donors (Lipinski definition) is 2. The van der Waals surface area contributed by atoms with Crippen LogP contribution in [0.15, 0.2) is 23.1 Å². The van der Waals surface area contributed by atoms with Crippen molar-refractivity contribution >= 4 is 11.0 Å². The van der Waals surface area contributed by atoms with Gasteiger partial charge in [-0.25, -0.2) is 4.79 Å². The Labute approximate surface area is 97.1 Å². The Morgan fingerprint density at radius 1 is 1.47 bits per heavy atom. The summed E-state index contributed by atoms with van der Waals surface area (Å²) < 4.78 is 5.61. The molecule has 2 N–H and O–H groups in total. The van der Waals surface area contributed by atoms with Gasteiger partial charge in [-0.1, -0.05) is 0 Å². The normalized spacial score (nSPS) is 20.6. The Kier molecular flexibility index (Phi) is 2.58. The minimum atomic E-state index is -0.366. The van der Waals surface area contributed by atoms with Crippen molar-refractivity contribution in [3.05, 3.63) is 34.5 Å². The molecule has 2 aromatic heterocycles. The largest absolute Gasteiger partial charge is 0.369 e. The fraction of sp³-hybridized carbons (Fsp3) is 0.364. The predicted molar refractivity (Wildman–Crippen MR) is 61.7 cm³/mol. The maximum Gasteiger partial charge on any atom is 0.345 e. The molecule has 3 rings (SSSR count). The van der Waals surface area contributed by atoms with Gasteiger partial charge in [0.2, 0.25) is 0 Å². The summed E-state index contributed by atoms with van der Waals surface area (Å²) in [5.74, 6) is 0. The van der Waals surface area contributed by atoms with Crippen molar-refractivity contribution in [1.82, 2.24) is 20.3 Å². The summed E-state index contributed by atoms with van der Waals surface area (Å²) in [4.78, 5) is 22.4. The summed E-state index contributed by atoms with van der Waals surface area (Å²) in [6.07, 6.45) is 1.48. The fourth-order valence-electron chi connectivity index (χ4n) is 1.98. The maximum atomic E-state index is 11.5. The van der Waals surface area contributed by atoms with Crippen molar-refractivity contribution in [2.75, 3.05) is 19.7 Å². The van der Waals surface area contributed by atoms with Gasteiger partial charge in [-0.15, -0.1) is 0 Å². The van der Waals surface area contributed by atoms with Gasteiger partial charge >= 0.3 is 5.69 Å². The minimum Gasteiger partial charge on any atom is -0.369 e. The first-order chi connectivity index (χ1) is 8.34. The van der Waals surface area contributed by atoms with E-state index in [0.717, 1.165) is 6.54 Å². The molecule has 1 aliphatic rings. The molecule has 1 saturated heterocycles. The number of ether oxygens (including phenoxy) is 1. The van der Waals surface area contributed by atoms with Gasteiger partial charge in [0.25, 0.3) is 0 Å². The van der Waals surface area contributed by atoms with Crippen molar-refractivity contribution < 1.29 is 4.74 Å². The molecule has 0 saturated carbocycles. The van der Waals surface area contributed by atoms with Gasteiger partial charge in [0, 0.05) is 19.3 Å². The van der Waals surface area contributed by atoms with E-state index in [9.17, 15) is 4.79 Å². The molecule has 0 aromatic carbocycles. The Hall–Kier alpha value is -1.79. The van der Waals surface area contributed by atoms with Crippen LogP contribution in [0.25, 0.3) is 11.0 Å². The number of aromatic nitrogens is 3. The summed E-state index contributed by atoms with van der Waals surface area (Å²) >= 11 is 0. The van der Waals surface area contributed by atoms with E-state index in [-0.39, 0.29) is 11.8 Å². The second kappa shape index (κ2) is 4.23. The van der Waals surface area contributed by atoms with Gasteiger partial charge in [0.15, 0.2) is 0 Å². The fourth-order valence-corrected chi connectivity index (χ4v) is 1.98. The predicted octanol–water partition coefficient (Wildman–Crippen LogP) is -0.0210. The quantitative estimate of drug-likeness (QED) is 0.722. The lowest BCUT2D eigenvalue weighted by atomic mass is 10.2. The van der Waals surface area contributed by atoms with Crippen molar-refractivity contribution in [3.63, 3.8) is 0 Å². The number of nitrogens with zero attached hydrogens (tertiary/aromatic N) is 2. The van der Waals surface area contributed by atoms with E-state index < -0.39 is 0 Å². The summed E-state index contributed by atoms with van der Waals surface area (Å²) in [5, 5.41) is 3.21. The molecule has 88 valence electrons. The van der Waals surface area contributed by atoms with Crippen LogP contribution in [0.2, 0.25) is 0 Å². The van der Waals surface area contributed by atoms with Crippen molar-refractivity contribution in [2.45, 2.75) is 6.10 Å². The monoisotopic (exact) mass is 232 g/mol. The summed E-state index contributed by atoms with van der Waals surface area (Å²) in [6, 6.07) is 3.59. The van der Waals surface area contributed by atoms with E-state index in [0.29, 0.717) is 29.9 Å². The first kappa shape index (κ1) is 10.4. The van der Waals surface area contributed by atoms with Crippen LogP contribution in [0.3, 0.4) is 0 Å². The van der Waals surface area contributed by atoms with E-state index in [2.05, 4.69) is 20.3 Å². The second-order valence-electron chi connectivity index (χ2n) is 3.89. The molecule has 3 heterocycles. The molecule has 6 heteroatoms. The lowest BCUT2D eigenvalue weighted by molar-refractivity contribution is 0.0257. The second-order valence-corrected chi connectivity index (χ2v) is 3.89. The molecule has 0 aliphatic carbocycles. The van der Waals surface area contributed by atoms with Crippen LogP contribution in [0.1, 0.15) is 11.8 Å². The van der Waals surface area contributed by atoms with Gasteiger partial charge < -0.3 is 15.0 Å². The Balaban J connectivity index is 2.16. The number of morpholine rings is 1. The summed E-state index contributed by atoms with van der Waals surface area (Å²) in [6.45, 7) is 2.10. The minimum absolute atomic E-state index is 0.205. The van der Waals surface area contributed by atoms with Crippen molar-refractivity contribution in [2.24, 2.45) is 0 Å². The molecule has 1 fully saturated rings. The van der Waals surface area contributed by atoms with Crippen LogP contribution in [-0.4, -0.2) is 34.6 Å². The Bertz CT molecular complexity index is 589. The highest BCUT2D eigenvalue weighted by atomic mass is 16.5. The molecule has 0 radical (unpaired) electrons. The van der Waals surface area contributed by atoms with E-state index in [4.69, 9.17) is 4.74 Å². The van der Waals surface area contributed by atoms with Gasteiger partial charge in [-0.3, -0.25) is 4.98 Å². The van der Waals surface area contributed by atoms with Crippen molar-refractivity contribution in [1.29, 1.82) is 0 Å². The number of rotatable bonds is 1. The van der Waals surface area contributed by atoms with Crippen LogP contribution in [0, 0.1) is 0 Å². The third kappa shape index (κ3) is 1.92. The Morgan fingerprint density at radius 2 is 2.41 bits per heavy atom. The first-order valence-corrected chi connectivity index (χ1v) is 5.52. The zero-order valence-corrected chi connectivity index (χ0v) is 9.14. The molecule has 0 bridgehead atoms. The topological polar surface area (TPSA) is 79.9 Å². The number of nitrogens with one attached hydrogen (secondary N) is 2. The van der Waals surface area contributed by atoms with E-state index in [1.165, 1.54) is 0 Å². The zero-order chi connectivity index (χ0) is 11.7. The van der Waals surface area contributed by atoms with Gasteiger partial charge in [-0.05, 0) is 12.1 Å². The van der Waals surface area contributed by atoms with Crippen LogP contribution in [0.4, 0.5) is 0 Å². The number of fused-ring (bicyclic) bond motifs is 1. The maximum absolute atomic E-state index is 11.5. The number of aromatic amines is 1. The summed E-state index contributed by atoms with van der Waals surface area (Å²) in [7, 11) is 0. The molecule has 0 amide bonds. The van der Waals surface area contributed by atoms with Gasteiger partial charge in [0.1, 0.15) is 17.3 Å². The van der Waals surface area contributed by atoms with E-state index in [1.807, 2.05) is 6.07 Å². The lowest BCUT2D eigenvalue weighted by Gasteiger charge is -2.23. The highest BCUT2D eigenvalue weighted by Crippen LogP contribution is 2.21. The van der Waals surface area contributed by atoms with Crippen LogP contribution in [-0.2, 0) is 4.74 Å². The number of hydrogen-bond acceptors (Lipinski definition) is 5. The number of H-pyrrole nitrogens is 1. The molecular formula is C11H12N4O2. The van der Waals surface area contributed by atoms with Crippen LogP contribution >= 0.6 is 0 Å². The van der Waals surface area contributed by atoms with Gasteiger partial charge in [-0.2, -0.15) is 4.98 Å². The Morgan fingerprint density at radius 3 is 3.24 bits per heavy atom. The molecule has 1 aliphatic heterocycles. The third-order valence-corrected chi connectivity index (χ3v) is 2.75. The first-order valence-electron chi connectivity index (χ1n) is 5.52. The molecule has 2 aromatic rings. The molecule has 1 unspecified atom stereocenters. The summed E-state index contributed by atoms with van der Waals surface area (Å²) in [5.41, 5.74) is 1.63. The molecule has 1 atom stereocenters. The van der Waals surface area contributed by atoms with Crippen LogP contribution < -0.4 is 11.0 Å². The smallest absolute Gasteiger partial charge is 0.345 e. The number of pyridine rings is 1. The average Bonchev–Trinajstić information content (AvgIpc) is 2.39. The molecule has 0 spiro atoms. The third-order valence-electron chi connectivity index (χ3n) is 2.75. The van der Waals surface area contributed by atoms with Crippen LogP contribution in [0.5, 0.6) is 0 Å². The standard InChI is InChI=1S/C11H12N4O2/c16-11-14-7-2-1-3-13-9(7)10(15-11)8-6-12-4-5-17-8/h1-3,8,12H,4-6H2,(H,14,15,16). The average molecular weight is 232 g/mol. The molecule has 17 heavy (non-hydrogen) atoms. The highest BCUT2D eigenvalue weighted by Gasteiger charge is 2.20. The van der Waals surface area contributed by atoms with Gasteiger partial charge in [0.05, 0.1) is 12.1 Å². The van der Waals surface area contributed by atoms with Crippen molar-refractivity contribution in [3.8, 4) is 0 Å². The van der Waals surface area contributed by atoms with E-state index in [1.54, 1.807) is 12.3 Å². The molecule has 6 nitrogen and oxygen atoms in total. The lowest BCUT2D eigenvalue weighted by Crippen LogP contribution is -2.34. The van der Waals surface area contributed by atoms with E-state index >= 15 is 0 Å². The molecular weight excluding hydrogens is 220 g/mol. The highest BCUT2D eigenvalue weighted by molar-refractivity contribution is 5.76. The zero-order valence-electron chi connectivity index (χ0n) is 9.14.